The summed E-state index contributed by atoms with van der Waals surface area (Å²) in [7, 11) is 0. The van der Waals surface area contributed by atoms with Crippen LogP contribution in [-0.2, 0) is 22.6 Å². The van der Waals surface area contributed by atoms with Crippen LogP contribution in [0.5, 0.6) is 0 Å². The molecule has 146 valence electrons. The van der Waals surface area contributed by atoms with Crippen molar-refractivity contribution in [3.63, 3.8) is 0 Å². The van der Waals surface area contributed by atoms with Crippen molar-refractivity contribution in [1.29, 1.82) is 0 Å². The van der Waals surface area contributed by atoms with Gasteiger partial charge in [0.2, 0.25) is 11.8 Å². The van der Waals surface area contributed by atoms with E-state index in [2.05, 4.69) is 5.32 Å². The molecule has 29 heavy (non-hydrogen) atoms. The number of amides is 2. The predicted octanol–water partition coefficient (Wildman–Crippen LogP) is 4.81. The maximum absolute atomic E-state index is 12.8. The minimum Gasteiger partial charge on any atom is -0.326 e. The van der Waals surface area contributed by atoms with Crippen molar-refractivity contribution in [1.82, 2.24) is 0 Å². The van der Waals surface area contributed by atoms with Crippen LogP contribution in [0, 0.1) is 5.92 Å². The fraction of sp³-hybridized carbons (Fsp3) is 0.200. The molecule has 0 saturated heterocycles. The summed E-state index contributed by atoms with van der Waals surface area (Å²) in [6, 6.07) is 27.2. The number of hydrogen-bond donors (Lipinski definition) is 1. The maximum atomic E-state index is 12.8. The highest BCUT2D eigenvalue weighted by Gasteiger charge is 2.34. The Labute approximate surface area is 171 Å². The smallest absolute Gasteiger partial charge is 0.230 e. The standard InChI is InChI=1S/C25H24N2O2/c28-24(26-22-9-5-2-6-10-22)17-19-11-15-23(16-12-19)27(25(29)21-13-14-21)18-20-7-3-1-4-8-20/h1-12,15-16,21H,13-14,17-18H2,(H,26,28). The van der Waals surface area contributed by atoms with Gasteiger partial charge in [-0.15, -0.1) is 0 Å². The van der Waals surface area contributed by atoms with Gasteiger partial charge in [0, 0.05) is 17.3 Å². The van der Waals surface area contributed by atoms with E-state index in [1.807, 2.05) is 89.8 Å². The number of carbonyl (C=O) groups excluding carboxylic acids is 2. The summed E-state index contributed by atoms with van der Waals surface area (Å²) in [5.74, 6) is 0.276. The van der Waals surface area contributed by atoms with E-state index >= 15 is 0 Å². The fourth-order valence-corrected chi connectivity index (χ4v) is 3.32. The van der Waals surface area contributed by atoms with Gasteiger partial charge in [-0.05, 0) is 48.2 Å². The van der Waals surface area contributed by atoms with E-state index in [-0.39, 0.29) is 17.7 Å². The molecule has 1 N–H and O–H groups in total. The first-order valence-electron chi connectivity index (χ1n) is 9.98. The highest BCUT2D eigenvalue weighted by atomic mass is 16.2. The summed E-state index contributed by atoms with van der Waals surface area (Å²) in [5.41, 5.74) is 3.68. The molecule has 4 rings (SSSR count). The van der Waals surface area contributed by atoms with Crippen molar-refractivity contribution in [3.05, 3.63) is 96.1 Å². The van der Waals surface area contributed by atoms with Gasteiger partial charge in [0.1, 0.15) is 0 Å². The number of para-hydroxylation sites is 1. The van der Waals surface area contributed by atoms with Gasteiger partial charge in [0.05, 0.1) is 13.0 Å². The Morgan fingerprint density at radius 1 is 0.793 bits per heavy atom. The normalized spacial score (nSPS) is 13.0. The lowest BCUT2D eigenvalue weighted by molar-refractivity contribution is -0.120. The van der Waals surface area contributed by atoms with Gasteiger partial charge in [-0.1, -0.05) is 60.7 Å². The first kappa shape index (κ1) is 18.9. The summed E-state index contributed by atoms with van der Waals surface area (Å²) >= 11 is 0. The highest BCUT2D eigenvalue weighted by molar-refractivity contribution is 5.96. The Morgan fingerprint density at radius 2 is 1.41 bits per heavy atom. The Bertz CT molecular complexity index is 965. The van der Waals surface area contributed by atoms with Crippen LogP contribution >= 0.6 is 0 Å². The second-order valence-electron chi connectivity index (χ2n) is 7.44. The minimum absolute atomic E-state index is 0.0563. The third-order valence-corrected chi connectivity index (χ3v) is 5.05. The van der Waals surface area contributed by atoms with Crippen LogP contribution in [0.3, 0.4) is 0 Å². The molecule has 0 spiro atoms. The SMILES string of the molecule is O=C(Cc1ccc(N(Cc2ccccc2)C(=O)C2CC2)cc1)Nc1ccccc1. The van der Waals surface area contributed by atoms with Crippen LogP contribution in [0.2, 0.25) is 0 Å². The first-order chi connectivity index (χ1) is 14.2. The minimum atomic E-state index is -0.0563. The van der Waals surface area contributed by atoms with Crippen molar-refractivity contribution >= 4 is 23.2 Å². The monoisotopic (exact) mass is 384 g/mol. The lowest BCUT2D eigenvalue weighted by atomic mass is 10.1. The third kappa shape index (κ3) is 5.11. The Hall–Kier alpha value is -3.40. The van der Waals surface area contributed by atoms with E-state index in [1.165, 1.54) is 0 Å². The van der Waals surface area contributed by atoms with Gasteiger partial charge in [-0.2, -0.15) is 0 Å². The molecule has 1 aliphatic rings. The van der Waals surface area contributed by atoms with Crippen LogP contribution in [0.4, 0.5) is 11.4 Å². The Morgan fingerprint density at radius 3 is 2.03 bits per heavy atom. The topological polar surface area (TPSA) is 49.4 Å². The molecule has 0 bridgehead atoms. The van der Waals surface area contributed by atoms with Gasteiger partial charge in [0.15, 0.2) is 0 Å². The summed E-state index contributed by atoms with van der Waals surface area (Å²) in [5, 5.41) is 2.90. The van der Waals surface area contributed by atoms with Crippen molar-refractivity contribution in [3.8, 4) is 0 Å². The number of rotatable bonds is 7. The molecule has 0 atom stereocenters. The van der Waals surface area contributed by atoms with Gasteiger partial charge >= 0.3 is 0 Å². The molecule has 2 amide bonds. The number of nitrogens with one attached hydrogen (secondary N) is 1. The molecule has 4 heteroatoms. The van der Waals surface area contributed by atoms with E-state index in [1.54, 1.807) is 0 Å². The molecule has 4 nitrogen and oxygen atoms in total. The molecule has 0 heterocycles. The molecular weight excluding hydrogens is 360 g/mol. The molecule has 1 fully saturated rings. The summed E-state index contributed by atoms with van der Waals surface area (Å²) in [4.78, 5) is 27.0. The second-order valence-corrected chi connectivity index (χ2v) is 7.44. The van der Waals surface area contributed by atoms with Crippen LogP contribution < -0.4 is 10.2 Å². The van der Waals surface area contributed by atoms with Crippen molar-refractivity contribution in [2.24, 2.45) is 5.92 Å². The molecule has 1 aliphatic carbocycles. The first-order valence-corrected chi connectivity index (χ1v) is 9.98. The average molecular weight is 384 g/mol. The number of benzene rings is 3. The third-order valence-electron chi connectivity index (χ3n) is 5.05. The fourth-order valence-electron chi connectivity index (χ4n) is 3.32. The zero-order valence-electron chi connectivity index (χ0n) is 16.3. The van der Waals surface area contributed by atoms with Crippen molar-refractivity contribution < 1.29 is 9.59 Å². The number of carbonyl (C=O) groups is 2. The van der Waals surface area contributed by atoms with Crippen LogP contribution in [0.15, 0.2) is 84.9 Å². The number of hydrogen-bond acceptors (Lipinski definition) is 2. The molecule has 0 unspecified atom stereocenters. The van der Waals surface area contributed by atoms with Gasteiger partial charge in [0.25, 0.3) is 0 Å². The molecule has 3 aromatic carbocycles. The second kappa shape index (κ2) is 8.74. The lowest BCUT2D eigenvalue weighted by Crippen LogP contribution is -2.31. The van der Waals surface area contributed by atoms with E-state index in [0.717, 1.165) is 35.3 Å². The molecule has 3 aromatic rings. The zero-order valence-corrected chi connectivity index (χ0v) is 16.3. The van der Waals surface area contributed by atoms with Crippen LogP contribution in [0.25, 0.3) is 0 Å². The summed E-state index contributed by atoms with van der Waals surface area (Å²) < 4.78 is 0. The van der Waals surface area contributed by atoms with E-state index in [4.69, 9.17) is 0 Å². The van der Waals surface area contributed by atoms with E-state index in [9.17, 15) is 9.59 Å². The van der Waals surface area contributed by atoms with E-state index < -0.39 is 0 Å². The summed E-state index contributed by atoms with van der Waals surface area (Å²) in [6.07, 6.45) is 2.24. The van der Waals surface area contributed by atoms with Gasteiger partial charge < -0.3 is 10.2 Å². The molecule has 0 radical (unpaired) electrons. The van der Waals surface area contributed by atoms with Crippen molar-refractivity contribution in [2.45, 2.75) is 25.8 Å². The van der Waals surface area contributed by atoms with Crippen molar-refractivity contribution in [2.75, 3.05) is 10.2 Å². The molecular formula is C25H24N2O2. The molecule has 0 aromatic heterocycles. The Balaban J connectivity index is 1.45. The van der Waals surface area contributed by atoms with Crippen LogP contribution in [0.1, 0.15) is 24.0 Å². The average Bonchev–Trinajstić information content (AvgIpc) is 3.59. The van der Waals surface area contributed by atoms with E-state index in [0.29, 0.717) is 13.0 Å². The summed E-state index contributed by atoms with van der Waals surface area (Å²) in [6.45, 7) is 0.560. The maximum Gasteiger partial charge on any atom is 0.230 e. The number of nitrogens with zero attached hydrogens (tertiary/aromatic N) is 1. The predicted molar refractivity (Wildman–Crippen MR) is 116 cm³/mol. The van der Waals surface area contributed by atoms with Crippen LogP contribution in [-0.4, -0.2) is 11.8 Å². The Kier molecular flexibility index (Phi) is 5.71. The van der Waals surface area contributed by atoms with Gasteiger partial charge in [-0.3, -0.25) is 9.59 Å². The molecule has 0 aliphatic heterocycles. The zero-order chi connectivity index (χ0) is 20.1. The number of anilines is 2. The quantitative estimate of drug-likeness (QED) is 0.635. The lowest BCUT2D eigenvalue weighted by Gasteiger charge is -2.23. The highest BCUT2D eigenvalue weighted by Crippen LogP contribution is 2.33. The van der Waals surface area contributed by atoms with Gasteiger partial charge in [-0.25, -0.2) is 0 Å². The largest absolute Gasteiger partial charge is 0.326 e. The molecule has 1 saturated carbocycles.